The fraction of sp³-hybridized carbons (Fsp3) is 0.364. The van der Waals surface area contributed by atoms with Crippen molar-refractivity contribution in [2.24, 2.45) is 10.7 Å². The van der Waals surface area contributed by atoms with Gasteiger partial charge < -0.3 is 11.1 Å². The molecule has 0 fully saturated rings. The molecule has 4 heteroatoms. The maximum Gasteiger partial charge on any atom is 0.0662 e. The van der Waals surface area contributed by atoms with E-state index in [0.29, 0.717) is 0 Å². The molecule has 1 heterocycles. The number of nitrogens with zero attached hydrogens (tertiary/aromatic N) is 1. The van der Waals surface area contributed by atoms with Crippen molar-refractivity contribution in [2.45, 2.75) is 18.7 Å². The van der Waals surface area contributed by atoms with Crippen molar-refractivity contribution in [3.63, 3.8) is 0 Å². The maximum atomic E-state index is 5.34. The number of nitrogens with one attached hydrogen (secondary N) is 1. The van der Waals surface area contributed by atoms with Gasteiger partial charge in [0.1, 0.15) is 0 Å². The topological polar surface area (TPSA) is 50.4 Å². The van der Waals surface area contributed by atoms with Crippen LogP contribution in [0.25, 0.3) is 0 Å². The predicted molar refractivity (Wildman–Crippen MR) is 69.1 cm³/mol. The minimum Gasteiger partial charge on any atom is -0.405 e. The summed E-state index contributed by atoms with van der Waals surface area (Å²) in [5, 5.41) is 3.39. The van der Waals surface area contributed by atoms with Crippen LogP contribution in [0.5, 0.6) is 0 Å². The highest BCUT2D eigenvalue weighted by molar-refractivity contribution is 7.80. The molecule has 1 atom stereocenters. The van der Waals surface area contributed by atoms with Crippen LogP contribution in [-0.2, 0) is 0 Å². The summed E-state index contributed by atoms with van der Waals surface area (Å²) in [7, 11) is 0. The zero-order chi connectivity index (χ0) is 11.1. The highest BCUT2D eigenvalue weighted by Crippen LogP contribution is 2.11. The Kier molecular flexibility index (Phi) is 5.04. The molecule has 0 aromatic carbocycles. The molecule has 0 aromatic heterocycles. The SMILES string of the molecule is CC(S)NC(C/C=C\N)=C1C=CCN=C1. The second-order valence-electron chi connectivity index (χ2n) is 3.28. The lowest BCUT2D eigenvalue weighted by Crippen LogP contribution is -2.21. The first-order chi connectivity index (χ1) is 7.24. The Morgan fingerprint density at radius 2 is 2.60 bits per heavy atom. The first kappa shape index (κ1) is 11.9. The quantitative estimate of drug-likeness (QED) is 0.501. The fourth-order valence-corrected chi connectivity index (χ4v) is 1.47. The first-order valence-electron chi connectivity index (χ1n) is 4.95. The van der Waals surface area contributed by atoms with Gasteiger partial charge in [-0.25, -0.2) is 0 Å². The highest BCUT2D eigenvalue weighted by atomic mass is 32.1. The minimum atomic E-state index is 0.113. The third-order valence-electron chi connectivity index (χ3n) is 1.93. The Morgan fingerprint density at radius 3 is 3.13 bits per heavy atom. The summed E-state index contributed by atoms with van der Waals surface area (Å²) in [6, 6.07) is 0. The zero-order valence-electron chi connectivity index (χ0n) is 8.85. The van der Waals surface area contributed by atoms with Crippen LogP contribution in [0.15, 0.2) is 40.7 Å². The van der Waals surface area contributed by atoms with Gasteiger partial charge in [0.2, 0.25) is 0 Å². The van der Waals surface area contributed by atoms with Gasteiger partial charge >= 0.3 is 0 Å². The number of allylic oxidation sites excluding steroid dienone is 3. The molecule has 0 saturated heterocycles. The van der Waals surface area contributed by atoms with E-state index >= 15 is 0 Å². The molecule has 0 amide bonds. The van der Waals surface area contributed by atoms with E-state index in [1.54, 1.807) is 6.20 Å². The summed E-state index contributed by atoms with van der Waals surface area (Å²) < 4.78 is 0. The lowest BCUT2D eigenvalue weighted by atomic mass is 10.1. The largest absolute Gasteiger partial charge is 0.405 e. The number of thiol groups is 1. The second kappa shape index (κ2) is 6.35. The minimum absolute atomic E-state index is 0.113. The van der Waals surface area contributed by atoms with Crippen LogP contribution in [0.1, 0.15) is 13.3 Å². The van der Waals surface area contributed by atoms with E-state index in [1.807, 2.05) is 25.3 Å². The molecule has 0 radical (unpaired) electrons. The van der Waals surface area contributed by atoms with Crippen molar-refractivity contribution in [3.05, 3.63) is 35.7 Å². The predicted octanol–water partition coefficient (Wildman–Crippen LogP) is 1.61. The van der Waals surface area contributed by atoms with Gasteiger partial charge in [-0.1, -0.05) is 18.2 Å². The molecule has 0 aliphatic carbocycles. The lowest BCUT2D eigenvalue weighted by molar-refractivity contribution is 0.780. The van der Waals surface area contributed by atoms with E-state index in [0.717, 1.165) is 24.2 Å². The van der Waals surface area contributed by atoms with Gasteiger partial charge in [0, 0.05) is 23.9 Å². The second-order valence-corrected chi connectivity index (χ2v) is 4.06. The van der Waals surface area contributed by atoms with E-state index in [2.05, 4.69) is 29.0 Å². The molecule has 1 unspecified atom stereocenters. The van der Waals surface area contributed by atoms with E-state index < -0.39 is 0 Å². The molecule has 0 saturated carbocycles. The summed E-state index contributed by atoms with van der Waals surface area (Å²) in [5.74, 6) is 0. The van der Waals surface area contributed by atoms with Crippen LogP contribution in [0.3, 0.4) is 0 Å². The van der Waals surface area contributed by atoms with Gasteiger partial charge in [-0.05, 0) is 13.1 Å². The van der Waals surface area contributed by atoms with Crippen LogP contribution in [-0.4, -0.2) is 18.1 Å². The smallest absolute Gasteiger partial charge is 0.0662 e. The maximum absolute atomic E-state index is 5.34. The summed E-state index contributed by atoms with van der Waals surface area (Å²) >= 11 is 4.31. The molecule has 3 N–H and O–H groups in total. The van der Waals surface area contributed by atoms with Gasteiger partial charge in [-0.3, -0.25) is 4.99 Å². The zero-order valence-corrected chi connectivity index (χ0v) is 9.74. The molecule has 1 rings (SSSR count). The molecule has 15 heavy (non-hydrogen) atoms. The number of nitrogens with two attached hydrogens (primary N) is 1. The van der Waals surface area contributed by atoms with Crippen molar-refractivity contribution in [3.8, 4) is 0 Å². The van der Waals surface area contributed by atoms with Gasteiger partial charge in [0.15, 0.2) is 0 Å². The number of aliphatic imine (C=N–C) groups is 1. The summed E-state index contributed by atoms with van der Waals surface area (Å²) in [5.41, 5.74) is 7.53. The lowest BCUT2D eigenvalue weighted by Gasteiger charge is -2.15. The van der Waals surface area contributed by atoms with Gasteiger partial charge in [-0.15, -0.1) is 0 Å². The first-order valence-corrected chi connectivity index (χ1v) is 5.46. The Labute approximate surface area is 96.3 Å². The summed E-state index contributed by atoms with van der Waals surface area (Å²) in [6.45, 7) is 2.75. The van der Waals surface area contributed by atoms with Crippen molar-refractivity contribution in [1.82, 2.24) is 5.32 Å². The fourth-order valence-electron chi connectivity index (χ4n) is 1.31. The molecule has 82 valence electrons. The van der Waals surface area contributed by atoms with Crippen molar-refractivity contribution < 1.29 is 0 Å². The average molecular weight is 223 g/mol. The molecule has 0 aromatic rings. The van der Waals surface area contributed by atoms with Crippen molar-refractivity contribution in [2.75, 3.05) is 6.54 Å². The van der Waals surface area contributed by atoms with Gasteiger partial charge in [0.25, 0.3) is 0 Å². The summed E-state index contributed by atoms with van der Waals surface area (Å²) in [6.07, 6.45) is 10.2. The molecular formula is C11H17N3S. The monoisotopic (exact) mass is 223 g/mol. The third kappa shape index (κ3) is 4.25. The van der Waals surface area contributed by atoms with Crippen LogP contribution >= 0.6 is 12.6 Å². The third-order valence-corrected chi connectivity index (χ3v) is 2.06. The van der Waals surface area contributed by atoms with Crippen LogP contribution in [0.2, 0.25) is 0 Å². The Balaban J connectivity index is 2.81. The summed E-state index contributed by atoms with van der Waals surface area (Å²) in [4.78, 5) is 4.20. The average Bonchev–Trinajstić information content (AvgIpc) is 2.25. The van der Waals surface area contributed by atoms with E-state index in [-0.39, 0.29) is 5.37 Å². The molecule has 3 nitrogen and oxygen atoms in total. The number of dihydropyridines is 1. The van der Waals surface area contributed by atoms with Crippen molar-refractivity contribution in [1.29, 1.82) is 0 Å². The Morgan fingerprint density at radius 1 is 1.80 bits per heavy atom. The van der Waals surface area contributed by atoms with Crippen LogP contribution in [0.4, 0.5) is 0 Å². The number of hydrogen-bond donors (Lipinski definition) is 3. The molecule has 1 aliphatic heterocycles. The van der Waals surface area contributed by atoms with Crippen LogP contribution < -0.4 is 11.1 Å². The highest BCUT2D eigenvalue weighted by Gasteiger charge is 2.04. The van der Waals surface area contributed by atoms with E-state index in [9.17, 15) is 0 Å². The van der Waals surface area contributed by atoms with Crippen molar-refractivity contribution >= 4 is 18.8 Å². The molecule has 0 bridgehead atoms. The molecule has 0 spiro atoms. The molecular weight excluding hydrogens is 206 g/mol. The van der Waals surface area contributed by atoms with Gasteiger partial charge in [-0.2, -0.15) is 12.6 Å². The Bertz CT molecular complexity index is 300. The number of hydrogen-bond acceptors (Lipinski definition) is 4. The van der Waals surface area contributed by atoms with E-state index in [1.165, 1.54) is 0 Å². The Hall–Kier alpha value is -1.16. The molecule has 1 aliphatic rings. The number of rotatable bonds is 4. The van der Waals surface area contributed by atoms with Crippen LogP contribution in [0, 0.1) is 0 Å². The normalized spacial score (nSPS) is 20.7. The van der Waals surface area contributed by atoms with Gasteiger partial charge in [0.05, 0.1) is 11.9 Å². The standard InChI is InChI=1S/C11H17N3S/c1-9(15)14-11(5-2-6-12)10-4-3-7-13-8-10/h2-4,6,8-9,14-15H,5,7,12H2,1H3/b6-2-,11-10?. The van der Waals surface area contributed by atoms with E-state index in [4.69, 9.17) is 5.73 Å².